The zero-order valence-electron chi connectivity index (χ0n) is 12.6. The lowest BCUT2D eigenvalue weighted by molar-refractivity contribution is 0.0110. The van der Waals surface area contributed by atoms with Crippen LogP contribution < -0.4 is 0 Å². The zero-order valence-corrected chi connectivity index (χ0v) is 13.4. The van der Waals surface area contributed by atoms with Crippen LogP contribution in [0.15, 0.2) is 5.38 Å². The van der Waals surface area contributed by atoms with Gasteiger partial charge in [-0.3, -0.25) is 9.69 Å². The number of hydrogen-bond donors (Lipinski definition) is 1. The number of hydrogen-bond acceptors (Lipinski definition) is 6. The van der Waals surface area contributed by atoms with Crippen LogP contribution in [0.3, 0.4) is 0 Å². The van der Waals surface area contributed by atoms with Crippen molar-refractivity contribution in [1.29, 1.82) is 0 Å². The Morgan fingerprint density at radius 1 is 1.48 bits per heavy atom. The molecule has 0 saturated carbocycles. The molecule has 1 atom stereocenters. The second-order valence-corrected chi connectivity index (χ2v) is 6.22. The molecule has 118 valence electrons. The minimum absolute atomic E-state index is 0.00821. The van der Waals surface area contributed by atoms with Crippen LogP contribution >= 0.6 is 11.3 Å². The summed E-state index contributed by atoms with van der Waals surface area (Å²) in [4.78, 5) is 20.5. The number of nitrogens with zero attached hydrogens (tertiary/aromatic N) is 3. The van der Waals surface area contributed by atoms with E-state index in [-0.39, 0.29) is 5.91 Å². The number of carbonyl (C=O) groups excluding carboxylic acids is 1. The fourth-order valence-electron chi connectivity index (χ4n) is 2.36. The summed E-state index contributed by atoms with van der Waals surface area (Å²) >= 11 is 1.50. The first kappa shape index (κ1) is 16.4. The predicted molar refractivity (Wildman–Crippen MR) is 81.7 cm³/mol. The van der Waals surface area contributed by atoms with Gasteiger partial charge in [-0.2, -0.15) is 0 Å². The molecular formula is C14H23N3O3S. The van der Waals surface area contributed by atoms with E-state index in [1.54, 1.807) is 0 Å². The minimum Gasteiger partial charge on any atom is -0.389 e. The van der Waals surface area contributed by atoms with Gasteiger partial charge in [0, 0.05) is 44.7 Å². The Balaban J connectivity index is 1.76. The van der Waals surface area contributed by atoms with Crippen molar-refractivity contribution in [2.24, 2.45) is 0 Å². The summed E-state index contributed by atoms with van der Waals surface area (Å²) in [6.07, 6.45) is -0.464. The Labute approximate surface area is 129 Å². The Hall–Kier alpha value is -1.02. The van der Waals surface area contributed by atoms with Gasteiger partial charge in [-0.1, -0.05) is 0 Å². The van der Waals surface area contributed by atoms with Crippen LogP contribution in [-0.4, -0.2) is 77.8 Å². The second-order valence-electron chi connectivity index (χ2n) is 5.16. The molecular weight excluding hydrogens is 290 g/mol. The lowest BCUT2D eigenvalue weighted by Gasteiger charge is -2.35. The topological polar surface area (TPSA) is 65.9 Å². The van der Waals surface area contributed by atoms with Crippen molar-refractivity contribution in [3.63, 3.8) is 0 Å². The summed E-state index contributed by atoms with van der Waals surface area (Å²) in [5.41, 5.74) is 0.544. The van der Waals surface area contributed by atoms with Crippen molar-refractivity contribution in [2.75, 3.05) is 45.9 Å². The van der Waals surface area contributed by atoms with Crippen molar-refractivity contribution in [2.45, 2.75) is 20.0 Å². The molecule has 21 heavy (non-hydrogen) atoms. The third-order valence-electron chi connectivity index (χ3n) is 3.48. The number of thiazole rings is 1. The fourth-order valence-corrected chi connectivity index (χ4v) is 2.95. The van der Waals surface area contributed by atoms with Crippen molar-refractivity contribution in [3.05, 3.63) is 16.1 Å². The van der Waals surface area contributed by atoms with E-state index in [9.17, 15) is 9.90 Å². The smallest absolute Gasteiger partial charge is 0.273 e. The van der Waals surface area contributed by atoms with Crippen LogP contribution in [0, 0.1) is 6.92 Å². The van der Waals surface area contributed by atoms with Gasteiger partial charge in [0.1, 0.15) is 5.69 Å². The van der Waals surface area contributed by atoms with E-state index in [0.29, 0.717) is 38.5 Å². The first-order chi connectivity index (χ1) is 10.1. The maximum absolute atomic E-state index is 12.3. The molecule has 1 saturated heterocycles. The molecule has 0 aromatic carbocycles. The second kappa shape index (κ2) is 7.84. The number of aliphatic hydroxyl groups is 1. The van der Waals surface area contributed by atoms with E-state index in [1.165, 1.54) is 11.3 Å². The fraction of sp³-hybridized carbons (Fsp3) is 0.714. The highest BCUT2D eigenvalue weighted by molar-refractivity contribution is 7.09. The summed E-state index contributed by atoms with van der Waals surface area (Å²) in [5, 5.41) is 12.6. The highest BCUT2D eigenvalue weighted by Crippen LogP contribution is 2.12. The Morgan fingerprint density at radius 3 is 2.76 bits per heavy atom. The molecule has 0 bridgehead atoms. The van der Waals surface area contributed by atoms with Gasteiger partial charge in [-0.15, -0.1) is 11.3 Å². The molecule has 1 aromatic rings. The van der Waals surface area contributed by atoms with Crippen LogP contribution in [0.2, 0.25) is 0 Å². The average Bonchev–Trinajstić information content (AvgIpc) is 2.92. The van der Waals surface area contributed by atoms with E-state index < -0.39 is 6.10 Å². The molecule has 7 heteroatoms. The summed E-state index contributed by atoms with van der Waals surface area (Å²) in [7, 11) is 0. The standard InChI is InChI=1S/C14H23N3O3S/c1-3-20-9-12(18)8-16-4-6-17(7-5-16)14(19)13-10-21-11(2)15-13/h10,12,18H,3-9H2,1-2H3/t12-/m0/s1. The average molecular weight is 313 g/mol. The molecule has 6 nitrogen and oxygen atoms in total. The number of rotatable bonds is 6. The van der Waals surface area contributed by atoms with Gasteiger partial charge in [0.25, 0.3) is 5.91 Å². The van der Waals surface area contributed by atoms with E-state index >= 15 is 0 Å². The summed E-state index contributed by atoms with van der Waals surface area (Å²) < 4.78 is 5.21. The maximum atomic E-state index is 12.3. The third-order valence-corrected chi connectivity index (χ3v) is 4.25. The van der Waals surface area contributed by atoms with Gasteiger partial charge in [-0.05, 0) is 13.8 Å². The van der Waals surface area contributed by atoms with E-state index in [0.717, 1.165) is 18.1 Å². The molecule has 0 spiro atoms. The van der Waals surface area contributed by atoms with E-state index in [4.69, 9.17) is 4.74 Å². The Morgan fingerprint density at radius 2 is 2.19 bits per heavy atom. The van der Waals surface area contributed by atoms with Crippen molar-refractivity contribution < 1.29 is 14.6 Å². The van der Waals surface area contributed by atoms with Crippen LogP contribution in [0.5, 0.6) is 0 Å². The number of amides is 1. The Bertz CT molecular complexity index is 458. The van der Waals surface area contributed by atoms with Gasteiger partial charge in [0.15, 0.2) is 0 Å². The monoisotopic (exact) mass is 313 g/mol. The normalized spacial score (nSPS) is 18.0. The highest BCUT2D eigenvalue weighted by atomic mass is 32.1. The van der Waals surface area contributed by atoms with E-state index in [2.05, 4.69) is 9.88 Å². The Kier molecular flexibility index (Phi) is 6.10. The molecule has 0 radical (unpaired) electrons. The van der Waals surface area contributed by atoms with Gasteiger partial charge in [0.05, 0.1) is 17.7 Å². The summed E-state index contributed by atoms with van der Waals surface area (Å²) in [6, 6.07) is 0. The first-order valence-electron chi connectivity index (χ1n) is 7.29. The lowest BCUT2D eigenvalue weighted by atomic mass is 10.2. The molecule has 2 rings (SSSR count). The SMILES string of the molecule is CCOC[C@@H](O)CN1CCN(C(=O)c2csc(C)n2)CC1. The number of piperazine rings is 1. The lowest BCUT2D eigenvalue weighted by Crippen LogP contribution is -2.50. The van der Waals surface area contributed by atoms with Gasteiger partial charge >= 0.3 is 0 Å². The first-order valence-corrected chi connectivity index (χ1v) is 8.17. The van der Waals surface area contributed by atoms with Crippen LogP contribution in [-0.2, 0) is 4.74 Å². The van der Waals surface area contributed by atoms with Crippen molar-refractivity contribution in [1.82, 2.24) is 14.8 Å². The van der Waals surface area contributed by atoms with Crippen molar-refractivity contribution in [3.8, 4) is 0 Å². The number of ether oxygens (including phenoxy) is 1. The molecule has 1 fully saturated rings. The molecule has 2 heterocycles. The van der Waals surface area contributed by atoms with Gasteiger partial charge in [0.2, 0.25) is 0 Å². The number of carbonyl (C=O) groups is 1. The largest absolute Gasteiger partial charge is 0.389 e. The molecule has 1 N–H and O–H groups in total. The summed E-state index contributed by atoms with van der Waals surface area (Å²) in [5.74, 6) is 0.00821. The minimum atomic E-state index is -0.464. The molecule has 0 aliphatic carbocycles. The highest BCUT2D eigenvalue weighted by Gasteiger charge is 2.24. The number of aryl methyl sites for hydroxylation is 1. The molecule has 1 aliphatic rings. The summed E-state index contributed by atoms with van der Waals surface area (Å²) in [6.45, 7) is 8.30. The quantitative estimate of drug-likeness (QED) is 0.833. The predicted octanol–water partition coefficient (Wildman–Crippen LogP) is 0.607. The molecule has 1 amide bonds. The molecule has 1 aromatic heterocycles. The van der Waals surface area contributed by atoms with Crippen LogP contribution in [0.25, 0.3) is 0 Å². The molecule has 1 aliphatic heterocycles. The zero-order chi connectivity index (χ0) is 15.2. The number of aromatic nitrogens is 1. The third kappa shape index (κ3) is 4.74. The van der Waals surface area contributed by atoms with Gasteiger partial charge in [-0.25, -0.2) is 4.98 Å². The van der Waals surface area contributed by atoms with E-state index in [1.807, 2.05) is 24.1 Å². The number of aliphatic hydroxyl groups excluding tert-OH is 1. The van der Waals surface area contributed by atoms with Gasteiger partial charge < -0.3 is 14.7 Å². The maximum Gasteiger partial charge on any atom is 0.273 e. The van der Waals surface area contributed by atoms with Crippen molar-refractivity contribution >= 4 is 17.2 Å². The van der Waals surface area contributed by atoms with Crippen LogP contribution in [0.4, 0.5) is 0 Å². The van der Waals surface area contributed by atoms with Crippen LogP contribution in [0.1, 0.15) is 22.4 Å². The molecule has 0 unspecified atom stereocenters. The number of β-amino-alcohol motifs (C(OH)–C–C–N with tert-alkyl or cyclic N) is 1.